The van der Waals surface area contributed by atoms with Gasteiger partial charge in [0.1, 0.15) is 6.10 Å². The molecule has 34 heavy (non-hydrogen) atoms. The van der Waals surface area contributed by atoms with Gasteiger partial charge in [0.2, 0.25) is 0 Å². The quantitative estimate of drug-likeness (QED) is 0.393. The van der Waals surface area contributed by atoms with Gasteiger partial charge in [0.05, 0.1) is 6.20 Å². The van der Waals surface area contributed by atoms with Crippen LogP contribution in [0.25, 0.3) is 11.1 Å². The van der Waals surface area contributed by atoms with Gasteiger partial charge in [-0.2, -0.15) is 5.10 Å². The zero-order chi connectivity index (χ0) is 24.3. The molecule has 8 heteroatoms. The fourth-order valence-electron chi connectivity index (χ4n) is 3.56. The maximum atomic E-state index is 12.7. The molecule has 0 fully saturated rings. The van der Waals surface area contributed by atoms with Gasteiger partial charge in [-0.1, -0.05) is 30.3 Å². The Morgan fingerprint density at radius 2 is 1.82 bits per heavy atom. The van der Waals surface area contributed by atoms with Crippen molar-refractivity contribution in [2.45, 2.75) is 17.9 Å². The first-order valence-electron chi connectivity index (χ1n) is 10.8. The second-order valence-corrected chi connectivity index (χ2v) is 11.8. The number of ether oxygens (including phenoxy) is 1. The molecule has 0 spiro atoms. The zero-order valence-corrected chi connectivity index (χ0v) is 20.5. The van der Waals surface area contributed by atoms with E-state index in [0.717, 1.165) is 21.6 Å². The minimum Gasteiger partial charge on any atom is -0.482 e. The topological polar surface area (TPSA) is 95.1 Å². The Kier molecular flexibility index (Phi) is 6.61. The van der Waals surface area contributed by atoms with Gasteiger partial charge in [-0.3, -0.25) is 9.48 Å². The fraction of sp³-hybridized carbons (Fsp3) is 0.192. The number of anilines is 1. The Morgan fingerprint density at radius 1 is 1.06 bits per heavy atom. The number of amides is 1. The smallest absolute Gasteiger partial charge is 0.260 e. The number of benzene rings is 2. The number of aryl methyl sites for hydroxylation is 1. The van der Waals surface area contributed by atoms with Crippen molar-refractivity contribution in [2.24, 2.45) is 7.05 Å². The molecule has 0 aliphatic rings. The Balaban J connectivity index is 1.53. The van der Waals surface area contributed by atoms with Gasteiger partial charge in [-0.25, -0.2) is 4.98 Å². The highest BCUT2D eigenvalue weighted by Crippen LogP contribution is 2.46. The van der Waals surface area contributed by atoms with E-state index < -0.39 is 10.2 Å². The third-order valence-corrected chi connectivity index (χ3v) is 7.65. The second-order valence-electron chi connectivity index (χ2n) is 8.47. The number of nitrogens with zero attached hydrogens (tertiary/aromatic N) is 3. The van der Waals surface area contributed by atoms with Crippen molar-refractivity contribution in [3.05, 3.63) is 90.4 Å². The Bertz CT molecular complexity index is 1300. The first-order valence-corrected chi connectivity index (χ1v) is 13.3. The van der Waals surface area contributed by atoms with E-state index >= 15 is 0 Å². The van der Waals surface area contributed by atoms with Gasteiger partial charge in [0.15, 0.2) is 11.6 Å². The van der Waals surface area contributed by atoms with E-state index in [4.69, 9.17) is 10.5 Å². The summed E-state index contributed by atoms with van der Waals surface area (Å²) in [7, 11) is 0.281. The van der Waals surface area contributed by atoms with Crippen molar-refractivity contribution in [1.82, 2.24) is 19.5 Å². The lowest BCUT2D eigenvalue weighted by Gasteiger charge is -2.33. The third kappa shape index (κ3) is 5.23. The number of nitrogens with two attached hydrogens (primary N) is 1. The van der Waals surface area contributed by atoms with Crippen LogP contribution in [0.1, 0.15) is 28.9 Å². The number of aromatic nitrogens is 3. The van der Waals surface area contributed by atoms with E-state index in [0.29, 0.717) is 17.1 Å². The largest absolute Gasteiger partial charge is 0.482 e. The van der Waals surface area contributed by atoms with Crippen molar-refractivity contribution in [2.75, 3.05) is 18.2 Å². The van der Waals surface area contributed by atoms with Crippen molar-refractivity contribution in [3.8, 4) is 16.9 Å². The van der Waals surface area contributed by atoms with Gasteiger partial charge in [-0.15, -0.1) is 10.2 Å². The first-order chi connectivity index (χ1) is 16.2. The van der Waals surface area contributed by atoms with Gasteiger partial charge in [0, 0.05) is 41.0 Å². The van der Waals surface area contributed by atoms with Crippen molar-refractivity contribution < 1.29 is 9.53 Å². The Morgan fingerprint density at radius 3 is 2.53 bits per heavy atom. The highest BCUT2D eigenvalue weighted by molar-refractivity contribution is 8.31. The van der Waals surface area contributed by atoms with Crippen molar-refractivity contribution in [1.29, 1.82) is 0 Å². The number of nitrogens with one attached hydrogen (secondary N) is 1. The van der Waals surface area contributed by atoms with Crippen LogP contribution in [0.2, 0.25) is 0 Å². The number of rotatable bonds is 7. The average molecular weight is 476 g/mol. The molecule has 176 valence electrons. The van der Waals surface area contributed by atoms with E-state index in [-0.39, 0.29) is 12.0 Å². The van der Waals surface area contributed by atoms with E-state index in [9.17, 15) is 4.79 Å². The van der Waals surface area contributed by atoms with E-state index in [1.54, 1.807) is 17.1 Å². The van der Waals surface area contributed by atoms with E-state index in [1.807, 2.05) is 74.8 Å². The number of carbonyl (C=O) groups is 1. The van der Waals surface area contributed by atoms with Crippen LogP contribution in [0, 0.1) is 0 Å². The highest BCUT2D eigenvalue weighted by atomic mass is 32.3. The molecular weight excluding hydrogens is 446 g/mol. The number of pyridine rings is 1. The van der Waals surface area contributed by atoms with E-state index in [2.05, 4.69) is 33.4 Å². The molecule has 0 saturated carbocycles. The van der Waals surface area contributed by atoms with Crippen LogP contribution in [0.5, 0.6) is 5.75 Å². The molecule has 2 heterocycles. The van der Waals surface area contributed by atoms with E-state index in [1.165, 1.54) is 0 Å². The van der Waals surface area contributed by atoms with Crippen LogP contribution < -0.4 is 15.2 Å². The summed E-state index contributed by atoms with van der Waals surface area (Å²) >= 11 is 0. The predicted molar refractivity (Wildman–Crippen MR) is 138 cm³/mol. The molecule has 4 rings (SSSR count). The summed E-state index contributed by atoms with van der Waals surface area (Å²) in [5.41, 5.74) is 9.56. The van der Waals surface area contributed by atoms with Crippen LogP contribution in [0.15, 0.2) is 84.1 Å². The maximum absolute atomic E-state index is 12.7. The lowest BCUT2D eigenvalue weighted by molar-refractivity contribution is 0.0983. The van der Waals surface area contributed by atoms with Crippen LogP contribution >= 0.6 is 10.2 Å². The molecule has 1 amide bonds. The summed E-state index contributed by atoms with van der Waals surface area (Å²) in [6, 6.07) is 19.3. The number of carbonyl (C=O) groups excluding carboxylic acids is 1. The molecule has 7 nitrogen and oxygen atoms in total. The maximum Gasteiger partial charge on any atom is 0.260 e. The molecule has 0 aliphatic carbocycles. The molecule has 0 unspecified atom stereocenters. The summed E-state index contributed by atoms with van der Waals surface area (Å²) in [5.74, 6) is 0.765. The van der Waals surface area contributed by atoms with Crippen molar-refractivity contribution >= 4 is 21.9 Å². The molecule has 0 saturated heterocycles. The lowest BCUT2D eigenvalue weighted by atomic mass is 10.1. The summed E-state index contributed by atoms with van der Waals surface area (Å²) < 4.78 is 11.2. The SMILES string of the molecule is C[C@H](Oc1cc(-c2cnn(C)c2)cnc1N)c1cccc(S(C)(C)NC(=O)c2ccccc2)c1. The molecule has 0 bridgehead atoms. The fourth-order valence-corrected chi connectivity index (χ4v) is 5.11. The molecular formula is C26H29N5O2S. The average Bonchev–Trinajstić information content (AvgIpc) is 3.27. The molecule has 0 aliphatic heterocycles. The van der Waals surface area contributed by atoms with Gasteiger partial charge >= 0.3 is 0 Å². The first kappa shape index (κ1) is 23.4. The monoisotopic (exact) mass is 475 g/mol. The molecule has 3 N–H and O–H groups in total. The van der Waals surface area contributed by atoms with Crippen LogP contribution in [0.4, 0.5) is 5.82 Å². The van der Waals surface area contributed by atoms with Gasteiger partial charge in [0.25, 0.3) is 5.91 Å². The van der Waals surface area contributed by atoms with Crippen LogP contribution in [-0.4, -0.2) is 33.2 Å². The van der Waals surface area contributed by atoms with Crippen LogP contribution in [-0.2, 0) is 7.05 Å². The summed E-state index contributed by atoms with van der Waals surface area (Å²) in [6.45, 7) is 1.97. The summed E-state index contributed by atoms with van der Waals surface area (Å²) in [4.78, 5) is 18.1. The summed E-state index contributed by atoms with van der Waals surface area (Å²) in [6.07, 6.45) is 9.27. The molecule has 2 aromatic heterocycles. The number of hydrogen-bond donors (Lipinski definition) is 2. The zero-order valence-electron chi connectivity index (χ0n) is 19.7. The lowest BCUT2D eigenvalue weighted by Crippen LogP contribution is -2.26. The Labute approximate surface area is 201 Å². The Hall–Kier alpha value is -3.78. The van der Waals surface area contributed by atoms with Crippen LogP contribution in [0.3, 0.4) is 0 Å². The third-order valence-electron chi connectivity index (χ3n) is 5.52. The predicted octanol–water partition coefficient (Wildman–Crippen LogP) is 4.97. The molecule has 1 atom stereocenters. The van der Waals surface area contributed by atoms with Gasteiger partial charge in [-0.05, 0) is 55.3 Å². The summed E-state index contributed by atoms with van der Waals surface area (Å²) in [5, 5.41) is 4.22. The minimum absolute atomic E-state index is 0.0821. The molecule has 0 radical (unpaired) electrons. The minimum atomic E-state index is -1.59. The van der Waals surface area contributed by atoms with Gasteiger partial charge < -0.3 is 15.2 Å². The molecule has 4 aromatic rings. The molecule has 2 aromatic carbocycles. The second kappa shape index (κ2) is 9.61. The highest BCUT2D eigenvalue weighted by Gasteiger charge is 2.20. The standard InChI is InChI=1S/C26H29N5O2S/c1-18(33-24-14-21(15-28-25(24)27)22-16-29-31(2)17-22)20-11-8-12-23(13-20)34(3,4)30-26(32)19-9-6-5-7-10-19/h5-18H,1-4H3,(H2,27,28)(H,30,32)/t18-/m0/s1. The number of hydrogen-bond acceptors (Lipinski definition) is 5. The van der Waals surface area contributed by atoms with Crippen molar-refractivity contribution in [3.63, 3.8) is 0 Å². The number of nitrogen functional groups attached to an aromatic ring is 1. The normalized spacial score (nSPS) is 12.7.